The number of oxime groups is 1. The van der Waals surface area contributed by atoms with Crippen molar-refractivity contribution in [3.63, 3.8) is 0 Å². The molecule has 2 aromatic carbocycles. The smallest absolute Gasteiger partial charge is 0.325 e. The van der Waals surface area contributed by atoms with Crippen LogP contribution in [0.1, 0.15) is 11.1 Å². The number of imide groups is 1. The van der Waals surface area contributed by atoms with Gasteiger partial charge in [-0.1, -0.05) is 22.8 Å². The first kappa shape index (κ1) is 22.9. The summed E-state index contributed by atoms with van der Waals surface area (Å²) in [6, 6.07) is 7.67. The monoisotopic (exact) mass is 460 g/mol. The topological polar surface area (TPSA) is 127 Å². The van der Waals surface area contributed by atoms with Crippen LogP contribution in [0.15, 0.2) is 35.5 Å². The third-order valence-electron chi connectivity index (χ3n) is 4.17. The zero-order chi connectivity index (χ0) is 23.1. The van der Waals surface area contributed by atoms with Gasteiger partial charge >= 0.3 is 6.03 Å². The molecule has 0 spiro atoms. The molecule has 32 heavy (non-hydrogen) atoms. The van der Waals surface area contributed by atoms with Gasteiger partial charge < -0.3 is 24.9 Å². The number of rotatable bonds is 6. The highest BCUT2D eigenvalue weighted by molar-refractivity contribution is 6.37. The zero-order valence-electron chi connectivity index (χ0n) is 17.4. The van der Waals surface area contributed by atoms with Gasteiger partial charge in [0, 0.05) is 11.8 Å². The first-order valence-corrected chi connectivity index (χ1v) is 9.93. The van der Waals surface area contributed by atoms with Gasteiger partial charge in [0.2, 0.25) is 0 Å². The molecule has 3 rings (SSSR count). The van der Waals surface area contributed by atoms with Gasteiger partial charge in [-0.2, -0.15) is 0 Å². The molecule has 0 fully saturated rings. The predicted octanol–water partition coefficient (Wildman–Crippen LogP) is 3.02. The molecule has 3 N–H and O–H groups in total. The first-order valence-electron chi connectivity index (χ1n) is 9.55. The number of nitrogens with one attached hydrogen (secondary N) is 3. The summed E-state index contributed by atoms with van der Waals surface area (Å²) in [6.45, 7) is 4.00. The highest BCUT2D eigenvalue weighted by Gasteiger charge is 2.14. The number of fused-ring (bicyclic) bond motifs is 1. The Hall–Kier alpha value is -3.79. The second kappa shape index (κ2) is 10.5. The van der Waals surface area contributed by atoms with E-state index in [4.69, 9.17) is 25.9 Å². The van der Waals surface area contributed by atoms with E-state index in [1.54, 1.807) is 24.3 Å². The van der Waals surface area contributed by atoms with Crippen LogP contribution in [0.25, 0.3) is 0 Å². The number of urea groups is 1. The molecule has 0 radical (unpaired) electrons. The second-order valence-corrected chi connectivity index (χ2v) is 7.20. The van der Waals surface area contributed by atoms with Gasteiger partial charge in [0.05, 0.1) is 10.7 Å². The summed E-state index contributed by atoms with van der Waals surface area (Å²) in [7, 11) is 0. The molecule has 1 aliphatic heterocycles. The summed E-state index contributed by atoms with van der Waals surface area (Å²) in [5.41, 5.74) is 2.63. The molecular formula is C21H21ClN4O6. The van der Waals surface area contributed by atoms with Crippen LogP contribution in [-0.2, 0) is 14.4 Å². The minimum atomic E-state index is -0.763. The van der Waals surface area contributed by atoms with E-state index >= 15 is 0 Å². The predicted molar refractivity (Wildman–Crippen MR) is 119 cm³/mol. The van der Waals surface area contributed by atoms with E-state index in [0.29, 0.717) is 41.1 Å². The van der Waals surface area contributed by atoms with E-state index in [1.807, 2.05) is 19.9 Å². The highest BCUT2D eigenvalue weighted by Crippen LogP contribution is 2.32. The highest BCUT2D eigenvalue weighted by atomic mass is 35.5. The number of ether oxygens (including phenoxy) is 2. The maximum Gasteiger partial charge on any atom is 0.325 e. The molecular weight excluding hydrogens is 440 g/mol. The Morgan fingerprint density at radius 1 is 1.09 bits per heavy atom. The molecule has 11 heteroatoms. The van der Waals surface area contributed by atoms with Crippen molar-refractivity contribution < 1.29 is 28.7 Å². The van der Waals surface area contributed by atoms with Gasteiger partial charge in [0.1, 0.15) is 19.4 Å². The third-order valence-corrected chi connectivity index (χ3v) is 4.47. The molecule has 0 aromatic heterocycles. The maximum atomic E-state index is 11.9. The number of benzene rings is 2. The molecule has 1 heterocycles. The van der Waals surface area contributed by atoms with Crippen LogP contribution in [0.3, 0.4) is 0 Å². The van der Waals surface area contributed by atoms with Gasteiger partial charge in [-0.3, -0.25) is 14.9 Å². The lowest BCUT2D eigenvalue weighted by molar-refractivity contribution is -0.124. The fourth-order valence-electron chi connectivity index (χ4n) is 2.86. The van der Waals surface area contributed by atoms with Crippen LogP contribution in [0, 0.1) is 13.8 Å². The Morgan fingerprint density at radius 2 is 1.84 bits per heavy atom. The quantitative estimate of drug-likeness (QED) is 0.449. The number of hydrogen-bond acceptors (Lipinski definition) is 7. The minimum Gasteiger partial charge on any atom is -0.486 e. The number of carbonyl (C=O) groups is 3. The van der Waals surface area contributed by atoms with Crippen LogP contribution < -0.4 is 25.4 Å². The Kier molecular flexibility index (Phi) is 7.50. The van der Waals surface area contributed by atoms with Crippen molar-refractivity contribution in [1.29, 1.82) is 0 Å². The lowest BCUT2D eigenvalue weighted by Gasteiger charge is -2.18. The summed E-state index contributed by atoms with van der Waals surface area (Å²) in [5, 5.41) is 11.0. The zero-order valence-corrected chi connectivity index (χ0v) is 18.1. The fraction of sp³-hybridized carbons (Fsp3) is 0.238. The van der Waals surface area contributed by atoms with E-state index in [-0.39, 0.29) is 0 Å². The average molecular weight is 461 g/mol. The summed E-state index contributed by atoms with van der Waals surface area (Å²) >= 11 is 6.13. The van der Waals surface area contributed by atoms with Crippen molar-refractivity contribution in [2.75, 3.05) is 30.5 Å². The van der Waals surface area contributed by atoms with Gasteiger partial charge in [0.25, 0.3) is 11.8 Å². The normalized spacial score (nSPS) is 12.2. The molecule has 1 aliphatic rings. The third kappa shape index (κ3) is 6.35. The lowest BCUT2D eigenvalue weighted by atomic mass is 10.1. The SMILES string of the molecule is Cc1cc(C)c(NC(=O)C=NOCC(=O)NC(=O)Nc2ccc3c(c2)OCCO3)c(Cl)c1. The minimum absolute atomic E-state index is 0.397. The number of hydrogen-bond donors (Lipinski definition) is 3. The fourth-order valence-corrected chi connectivity index (χ4v) is 3.23. The van der Waals surface area contributed by atoms with Gasteiger partial charge in [-0.25, -0.2) is 4.79 Å². The number of carbonyl (C=O) groups excluding carboxylic acids is 3. The maximum absolute atomic E-state index is 11.9. The molecule has 0 bridgehead atoms. The molecule has 0 aliphatic carbocycles. The van der Waals surface area contributed by atoms with Crippen LogP contribution in [0.4, 0.5) is 16.2 Å². The first-order chi connectivity index (χ1) is 15.3. The van der Waals surface area contributed by atoms with Crippen molar-refractivity contribution in [3.05, 3.63) is 46.5 Å². The molecule has 2 aromatic rings. The van der Waals surface area contributed by atoms with Crippen molar-refractivity contribution in [2.24, 2.45) is 5.16 Å². The average Bonchev–Trinajstić information content (AvgIpc) is 2.73. The molecule has 0 saturated carbocycles. The van der Waals surface area contributed by atoms with E-state index in [9.17, 15) is 14.4 Å². The van der Waals surface area contributed by atoms with E-state index < -0.39 is 24.5 Å². The molecule has 0 saturated heterocycles. The van der Waals surface area contributed by atoms with Crippen LogP contribution >= 0.6 is 11.6 Å². The summed E-state index contributed by atoms with van der Waals surface area (Å²) in [5.74, 6) is -0.266. The molecule has 168 valence electrons. The second-order valence-electron chi connectivity index (χ2n) is 6.80. The number of halogens is 1. The lowest BCUT2D eigenvalue weighted by Crippen LogP contribution is -2.36. The van der Waals surface area contributed by atoms with Crippen LogP contribution in [0.5, 0.6) is 11.5 Å². The Morgan fingerprint density at radius 3 is 2.59 bits per heavy atom. The number of amides is 4. The van der Waals surface area contributed by atoms with Crippen molar-refractivity contribution in [3.8, 4) is 11.5 Å². The number of aryl methyl sites for hydroxylation is 2. The molecule has 10 nitrogen and oxygen atoms in total. The van der Waals surface area contributed by atoms with E-state index in [1.165, 1.54) is 0 Å². The number of anilines is 2. The van der Waals surface area contributed by atoms with Gasteiger partial charge in [0.15, 0.2) is 18.1 Å². The Balaban J connectivity index is 1.41. The van der Waals surface area contributed by atoms with Crippen LogP contribution in [-0.4, -0.2) is 43.9 Å². The van der Waals surface area contributed by atoms with Crippen LogP contribution in [0.2, 0.25) is 5.02 Å². The van der Waals surface area contributed by atoms with Gasteiger partial charge in [-0.15, -0.1) is 0 Å². The van der Waals surface area contributed by atoms with E-state index in [2.05, 4.69) is 21.1 Å². The summed E-state index contributed by atoms with van der Waals surface area (Å²) in [6.07, 6.45) is 0.859. The Labute approximate surface area is 188 Å². The standard InChI is InChI=1S/C21H21ClN4O6/c1-12-7-13(2)20(15(22)8-12)25-18(27)10-23-32-11-19(28)26-21(29)24-14-3-4-16-17(9-14)31-6-5-30-16/h3-4,7-10H,5-6,11H2,1-2H3,(H,25,27)(H2,24,26,28,29). The van der Waals surface area contributed by atoms with Crippen molar-refractivity contribution in [2.45, 2.75) is 13.8 Å². The number of nitrogens with zero attached hydrogens (tertiary/aromatic N) is 1. The molecule has 4 amide bonds. The van der Waals surface area contributed by atoms with Gasteiger partial charge in [-0.05, 0) is 43.2 Å². The molecule has 0 unspecified atom stereocenters. The summed E-state index contributed by atoms with van der Waals surface area (Å²) in [4.78, 5) is 40.4. The van der Waals surface area contributed by atoms with E-state index in [0.717, 1.165) is 17.3 Å². The largest absolute Gasteiger partial charge is 0.486 e. The molecule has 0 atom stereocenters. The Bertz CT molecular complexity index is 1050. The summed E-state index contributed by atoms with van der Waals surface area (Å²) < 4.78 is 10.8. The van der Waals surface area contributed by atoms with Crippen molar-refractivity contribution >= 4 is 47.0 Å². The van der Waals surface area contributed by atoms with Crippen molar-refractivity contribution in [1.82, 2.24) is 5.32 Å².